The molecular weight excluding hydrogens is 380 g/mol. The molecule has 0 bridgehead atoms. The summed E-state index contributed by atoms with van der Waals surface area (Å²) in [4.78, 5) is 18.5. The van der Waals surface area contributed by atoms with Gasteiger partial charge in [0, 0.05) is 6.42 Å². The zero-order valence-electron chi connectivity index (χ0n) is 16.7. The Hall–Kier alpha value is -2.92. The van der Waals surface area contributed by atoms with E-state index in [1.165, 1.54) is 11.9 Å². The van der Waals surface area contributed by atoms with Crippen LogP contribution >= 0.6 is 11.3 Å². The number of imidazole rings is 1. The van der Waals surface area contributed by atoms with Gasteiger partial charge in [0.05, 0.1) is 24.7 Å². The summed E-state index contributed by atoms with van der Waals surface area (Å²) in [7, 11) is 1.43. The standard InChI is InChI=1S/C24H24N2O2S/c1-3-4-10-22-25-21-13-14-29-23(21)26(22)16-17-11-12-19(18-8-6-5-7-9-18)20(15-17)24(27)28-2/h5-9,11-15H,3-4,10,16H2,1-2H3. The number of benzene rings is 2. The van der Waals surface area contributed by atoms with Crippen molar-refractivity contribution in [1.82, 2.24) is 9.55 Å². The van der Waals surface area contributed by atoms with Gasteiger partial charge in [-0.3, -0.25) is 0 Å². The van der Waals surface area contributed by atoms with Crippen LogP contribution in [-0.2, 0) is 17.7 Å². The Morgan fingerprint density at radius 2 is 1.97 bits per heavy atom. The SMILES string of the molecule is CCCCc1nc2ccsc2n1Cc1ccc(-c2ccccc2)c(C(=O)OC)c1. The first kappa shape index (κ1) is 19.4. The maximum atomic E-state index is 12.5. The summed E-state index contributed by atoms with van der Waals surface area (Å²) in [6, 6.07) is 18.1. The zero-order chi connectivity index (χ0) is 20.2. The van der Waals surface area contributed by atoms with Gasteiger partial charge in [-0.1, -0.05) is 55.8 Å². The molecule has 29 heavy (non-hydrogen) atoms. The van der Waals surface area contributed by atoms with Gasteiger partial charge in [0.25, 0.3) is 0 Å². The highest BCUT2D eigenvalue weighted by molar-refractivity contribution is 7.16. The number of aromatic nitrogens is 2. The Labute approximate surface area is 174 Å². The fourth-order valence-corrected chi connectivity index (χ4v) is 4.47. The summed E-state index contributed by atoms with van der Waals surface area (Å²) in [5, 5.41) is 2.08. The Bertz CT molecular complexity index is 1130. The second-order valence-electron chi connectivity index (χ2n) is 7.07. The molecule has 0 radical (unpaired) electrons. The summed E-state index contributed by atoms with van der Waals surface area (Å²) in [6.07, 6.45) is 3.22. The highest BCUT2D eigenvalue weighted by Gasteiger charge is 2.16. The first-order valence-electron chi connectivity index (χ1n) is 9.90. The molecule has 0 aliphatic heterocycles. The molecule has 0 aliphatic rings. The Kier molecular flexibility index (Phi) is 5.76. The van der Waals surface area contributed by atoms with E-state index in [0.29, 0.717) is 12.1 Å². The second kappa shape index (κ2) is 8.62. The van der Waals surface area contributed by atoms with Gasteiger partial charge in [0.15, 0.2) is 0 Å². The molecule has 0 amide bonds. The number of nitrogens with zero attached hydrogens (tertiary/aromatic N) is 2. The first-order chi connectivity index (χ1) is 14.2. The van der Waals surface area contributed by atoms with Crippen molar-refractivity contribution >= 4 is 27.7 Å². The summed E-state index contributed by atoms with van der Waals surface area (Å²) >= 11 is 1.71. The number of esters is 1. The van der Waals surface area contributed by atoms with E-state index in [9.17, 15) is 4.79 Å². The van der Waals surface area contributed by atoms with Crippen molar-refractivity contribution < 1.29 is 9.53 Å². The lowest BCUT2D eigenvalue weighted by molar-refractivity contribution is 0.0601. The maximum absolute atomic E-state index is 12.5. The minimum absolute atomic E-state index is 0.316. The zero-order valence-corrected chi connectivity index (χ0v) is 17.5. The van der Waals surface area contributed by atoms with E-state index in [0.717, 1.165) is 47.3 Å². The highest BCUT2D eigenvalue weighted by atomic mass is 32.1. The van der Waals surface area contributed by atoms with Crippen LogP contribution in [0.15, 0.2) is 60.0 Å². The van der Waals surface area contributed by atoms with Gasteiger partial charge in [0.2, 0.25) is 0 Å². The van der Waals surface area contributed by atoms with E-state index in [-0.39, 0.29) is 5.97 Å². The third-order valence-corrected chi connectivity index (χ3v) is 6.02. The summed E-state index contributed by atoms with van der Waals surface area (Å²) in [6.45, 7) is 2.88. The lowest BCUT2D eigenvalue weighted by Gasteiger charge is -2.13. The van der Waals surface area contributed by atoms with Gasteiger partial charge in [-0.2, -0.15) is 0 Å². The van der Waals surface area contributed by atoms with Gasteiger partial charge >= 0.3 is 5.97 Å². The Morgan fingerprint density at radius 1 is 1.14 bits per heavy atom. The molecule has 0 saturated heterocycles. The van der Waals surface area contributed by atoms with Gasteiger partial charge in [-0.05, 0) is 40.6 Å². The van der Waals surface area contributed by atoms with Crippen molar-refractivity contribution in [2.75, 3.05) is 7.11 Å². The topological polar surface area (TPSA) is 44.1 Å². The fourth-order valence-electron chi connectivity index (χ4n) is 3.61. The molecule has 2 heterocycles. The number of carbonyl (C=O) groups is 1. The maximum Gasteiger partial charge on any atom is 0.338 e. The first-order valence-corrected chi connectivity index (χ1v) is 10.8. The lowest BCUT2D eigenvalue weighted by atomic mass is 9.97. The molecule has 4 aromatic rings. The van der Waals surface area contributed by atoms with Crippen molar-refractivity contribution in [3.05, 3.63) is 76.9 Å². The lowest BCUT2D eigenvalue weighted by Crippen LogP contribution is -2.08. The van der Waals surface area contributed by atoms with Crippen molar-refractivity contribution in [3.8, 4) is 11.1 Å². The van der Waals surface area contributed by atoms with E-state index in [1.807, 2.05) is 42.5 Å². The van der Waals surface area contributed by atoms with Gasteiger partial charge < -0.3 is 9.30 Å². The third kappa shape index (κ3) is 3.96. The quantitative estimate of drug-likeness (QED) is 0.358. The summed E-state index contributed by atoms with van der Waals surface area (Å²) < 4.78 is 7.35. The Balaban J connectivity index is 1.74. The van der Waals surface area contributed by atoms with Crippen molar-refractivity contribution in [2.45, 2.75) is 32.7 Å². The molecule has 0 fully saturated rings. The molecule has 4 nitrogen and oxygen atoms in total. The van der Waals surface area contributed by atoms with Gasteiger partial charge in [0.1, 0.15) is 10.7 Å². The monoisotopic (exact) mass is 404 g/mol. The number of carbonyl (C=O) groups excluding carboxylic acids is 1. The van der Waals surface area contributed by atoms with Crippen LogP contribution < -0.4 is 0 Å². The minimum atomic E-state index is -0.316. The van der Waals surface area contributed by atoms with Crippen molar-refractivity contribution in [3.63, 3.8) is 0 Å². The number of ether oxygens (including phenoxy) is 1. The van der Waals surface area contributed by atoms with E-state index in [2.05, 4.69) is 29.0 Å². The van der Waals surface area contributed by atoms with Crippen molar-refractivity contribution in [2.24, 2.45) is 0 Å². The largest absolute Gasteiger partial charge is 0.465 e. The molecule has 0 aliphatic carbocycles. The number of hydrogen-bond acceptors (Lipinski definition) is 4. The molecule has 0 saturated carbocycles. The average molecular weight is 405 g/mol. The fraction of sp³-hybridized carbons (Fsp3) is 0.250. The molecule has 2 aromatic carbocycles. The number of rotatable bonds is 7. The number of aryl methyl sites for hydroxylation is 1. The number of fused-ring (bicyclic) bond motifs is 1. The van der Waals surface area contributed by atoms with Crippen LogP contribution in [-0.4, -0.2) is 22.6 Å². The summed E-state index contributed by atoms with van der Waals surface area (Å²) in [5.74, 6) is 0.796. The Morgan fingerprint density at radius 3 is 2.72 bits per heavy atom. The summed E-state index contributed by atoms with van der Waals surface area (Å²) in [5.41, 5.74) is 4.60. The van der Waals surface area contributed by atoms with Crippen LogP contribution in [0.2, 0.25) is 0 Å². The van der Waals surface area contributed by atoms with E-state index in [1.54, 1.807) is 11.3 Å². The third-order valence-electron chi connectivity index (χ3n) is 5.10. The number of hydrogen-bond donors (Lipinski definition) is 0. The van der Waals surface area contributed by atoms with Gasteiger partial charge in [-0.15, -0.1) is 11.3 Å². The van der Waals surface area contributed by atoms with Crippen LogP contribution in [0.1, 0.15) is 41.5 Å². The molecule has 0 atom stereocenters. The molecule has 0 N–H and O–H groups in total. The average Bonchev–Trinajstić information content (AvgIpc) is 3.34. The molecule has 148 valence electrons. The van der Waals surface area contributed by atoms with Crippen LogP contribution in [0.25, 0.3) is 21.5 Å². The number of unbranched alkanes of at least 4 members (excludes halogenated alkanes) is 1. The number of methoxy groups -OCH3 is 1. The molecule has 2 aromatic heterocycles. The van der Waals surface area contributed by atoms with Crippen LogP contribution in [0.3, 0.4) is 0 Å². The number of thiophene rings is 1. The van der Waals surface area contributed by atoms with Crippen LogP contribution in [0.5, 0.6) is 0 Å². The molecule has 0 unspecified atom stereocenters. The molecular formula is C24H24N2O2S. The van der Waals surface area contributed by atoms with Crippen molar-refractivity contribution in [1.29, 1.82) is 0 Å². The van der Waals surface area contributed by atoms with E-state index >= 15 is 0 Å². The predicted molar refractivity (Wildman–Crippen MR) is 119 cm³/mol. The normalized spacial score (nSPS) is 11.1. The highest BCUT2D eigenvalue weighted by Crippen LogP contribution is 2.28. The molecule has 4 rings (SSSR count). The van der Waals surface area contributed by atoms with Gasteiger partial charge in [-0.25, -0.2) is 9.78 Å². The second-order valence-corrected chi connectivity index (χ2v) is 7.96. The molecule has 5 heteroatoms. The molecule has 0 spiro atoms. The van der Waals surface area contributed by atoms with E-state index in [4.69, 9.17) is 9.72 Å². The smallest absolute Gasteiger partial charge is 0.338 e. The predicted octanol–water partition coefficient (Wildman–Crippen LogP) is 5.94. The van der Waals surface area contributed by atoms with Crippen LogP contribution in [0, 0.1) is 0 Å². The van der Waals surface area contributed by atoms with E-state index < -0.39 is 0 Å². The minimum Gasteiger partial charge on any atom is -0.465 e. The van der Waals surface area contributed by atoms with Crippen LogP contribution in [0.4, 0.5) is 0 Å².